The normalized spacial score (nSPS) is 18.8. The van der Waals surface area contributed by atoms with Crippen LogP contribution in [-0.4, -0.2) is 53.5 Å². The summed E-state index contributed by atoms with van der Waals surface area (Å²) in [6, 6.07) is 0. The highest BCUT2D eigenvalue weighted by atomic mass is 16.4. The second-order valence-corrected chi connectivity index (χ2v) is 5.75. The number of likely N-dealkylation sites (tertiary alicyclic amines) is 1. The predicted molar refractivity (Wildman–Crippen MR) is 79.8 cm³/mol. The molecule has 0 bridgehead atoms. The van der Waals surface area contributed by atoms with Crippen LogP contribution in [0.25, 0.3) is 0 Å². The Hall–Kier alpha value is -1.82. The molecule has 0 spiro atoms. The first-order valence-electron chi connectivity index (χ1n) is 7.32. The quantitative estimate of drug-likeness (QED) is 0.783. The number of H-pyrrole nitrogens is 1. The van der Waals surface area contributed by atoms with E-state index in [1.807, 2.05) is 11.9 Å². The molecule has 0 radical (unpaired) electrons. The van der Waals surface area contributed by atoms with E-state index in [9.17, 15) is 9.59 Å². The molecule has 1 aliphatic heterocycles. The van der Waals surface area contributed by atoms with Gasteiger partial charge in [0, 0.05) is 18.8 Å². The number of hydrogen-bond donors (Lipinski definition) is 3. The molecular weight excluding hydrogens is 270 g/mol. The van der Waals surface area contributed by atoms with Gasteiger partial charge in [-0.3, -0.25) is 4.79 Å². The highest BCUT2D eigenvalue weighted by molar-refractivity contribution is 6.00. The number of hydrogen-bond acceptors (Lipinski definition) is 3. The van der Waals surface area contributed by atoms with E-state index >= 15 is 0 Å². The van der Waals surface area contributed by atoms with E-state index in [-0.39, 0.29) is 11.6 Å². The molecule has 1 saturated heterocycles. The number of aromatic nitrogens is 1. The number of aromatic amines is 1. The van der Waals surface area contributed by atoms with Gasteiger partial charge in [-0.2, -0.15) is 0 Å². The Morgan fingerprint density at radius 3 is 2.71 bits per heavy atom. The molecule has 1 aliphatic rings. The van der Waals surface area contributed by atoms with Crippen molar-refractivity contribution in [3.8, 4) is 0 Å². The van der Waals surface area contributed by atoms with Gasteiger partial charge in [0.1, 0.15) is 5.69 Å². The van der Waals surface area contributed by atoms with Crippen molar-refractivity contribution in [1.29, 1.82) is 0 Å². The number of carboxylic acid groups (broad SMARTS) is 1. The minimum Gasteiger partial charge on any atom is -0.477 e. The zero-order valence-electron chi connectivity index (χ0n) is 12.8. The highest BCUT2D eigenvalue weighted by Crippen LogP contribution is 2.23. The highest BCUT2D eigenvalue weighted by Gasteiger charge is 2.28. The standard InChI is InChI=1S/C15H23N3O3/c1-9-12(10(2)17-13(9)15(20)21)14(19)18-6-4-5-11(8-18)7-16-3/h11,16-17H,4-8H2,1-3H3,(H,20,21). The Bertz CT molecular complexity index is 549. The minimum atomic E-state index is -1.03. The van der Waals surface area contributed by atoms with Crippen LogP contribution >= 0.6 is 0 Å². The van der Waals surface area contributed by atoms with E-state index in [1.165, 1.54) is 0 Å². The van der Waals surface area contributed by atoms with Crippen LogP contribution in [0.1, 0.15) is 44.9 Å². The molecule has 1 unspecified atom stereocenters. The van der Waals surface area contributed by atoms with E-state index in [0.29, 0.717) is 22.7 Å². The molecule has 0 saturated carbocycles. The summed E-state index contributed by atoms with van der Waals surface area (Å²) >= 11 is 0. The number of amides is 1. The summed E-state index contributed by atoms with van der Waals surface area (Å²) < 4.78 is 0. The largest absolute Gasteiger partial charge is 0.477 e. The van der Waals surface area contributed by atoms with Gasteiger partial charge in [-0.15, -0.1) is 0 Å². The van der Waals surface area contributed by atoms with Crippen molar-refractivity contribution in [2.75, 3.05) is 26.7 Å². The molecule has 0 aliphatic carbocycles. The second-order valence-electron chi connectivity index (χ2n) is 5.75. The zero-order valence-corrected chi connectivity index (χ0v) is 12.8. The number of carboxylic acids is 1. The van der Waals surface area contributed by atoms with Gasteiger partial charge in [-0.1, -0.05) is 0 Å². The minimum absolute atomic E-state index is 0.0606. The maximum atomic E-state index is 12.7. The monoisotopic (exact) mass is 293 g/mol. The first-order valence-corrected chi connectivity index (χ1v) is 7.32. The fraction of sp³-hybridized carbons (Fsp3) is 0.600. The van der Waals surface area contributed by atoms with Gasteiger partial charge in [0.15, 0.2) is 0 Å². The van der Waals surface area contributed by atoms with Crippen molar-refractivity contribution >= 4 is 11.9 Å². The Morgan fingerprint density at radius 2 is 2.14 bits per heavy atom. The van der Waals surface area contributed by atoms with Crippen molar-refractivity contribution in [2.24, 2.45) is 5.92 Å². The lowest BCUT2D eigenvalue weighted by Gasteiger charge is -2.33. The van der Waals surface area contributed by atoms with Gasteiger partial charge in [-0.05, 0) is 51.8 Å². The molecular formula is C15H23N3O3. The summed E-state index contributed by atoms with van der Waals surface area (Å²) in [5.74, 6) is -0.623. The van der Waals surface area contributed by atoms with Crippen LogP contribution in [0.15, 0.2) is 0 Å². The molecule has 3 N–H and O–H groups in total. The lowest BCUT2D eigenvalue weighted by Crippen LogP contribution is -2.42. The van der Waals surface area contributed by atoms with E-state index in [2.05, 4.69) is 10.3 Å². The third-order valence-electron chi connectivity index (χ3n) is 4.16. The number of carbonyl (C=O) groups is 2. The fourth-order valence-corrected chi connectivity index (χ4v) is 3.15. The molecule has 1 aromatic rings. The summed E-state index contributed by atoms with van der Waals surface area (Å²) in [6.07, 6.45) is 2.11. The molecule has 2 heterocycles. The molecule has 21 heavy (non-hydrogen) atoms. The van der Waals surface area contributed by atoms with Gasteiger partial charge in [0.2, 0.25) is 0 Å². The summed E-state index contributed by atoms with van der Waals surface area (Å²) in [7, 11) is 1.92. The van der Waals surface area contributed by atoms with Crippen LogP contribution in [0, 0.1) is 19.8 Å². The van der Waals surface area contributed by atoms with Crippen LogP contribution in [-0.2, 0) is 0 Å². The average Bonchev–Trinajstić information content (AvgIpc) is 2.74. The van der Waals surface area contributed by atoms with Crippen molar-refractivity contribution < 1.29 is 14.7 Å². The van der Waals surface area contributed by atoms with Gasteiger partial charge in [0.05, 0.1) is 5.56 Å². The van der Waals surface area contributed by atoms with Gasteiger partial charge in [-0.25, -0.2) is 4.79 Å². The van der Waals surface area contributed by atoms with Crippen LogP contribution in [0.4, 0.5) is 0 Å². The second kappa shape index (κ2) is 6.30. The SMILES string of the molecule is CNCC1CCCN(C(=O)c2c(C)[nH]c(C(=O)O)c2C)C1. The van der Waals surface area contributed by atoms with E-state index < -0.39 is 5.97 Å². The van der Waals surface area contributed by atoms with Crippen molar-refractivity contribution in [3.05, 3.63) is 22.5 Å². The van der Waals surface area contributed by atoms with E-state index in [4.69, 9.17) is 5.11 Å². The smallest absolute Gasteiger partial charge is 0.352 e. The van der Waals surface area contributed by atoms with Crippen LogP contribution in [0.2, 0.25) is 0 Å². The lowest BCUT2D eigenvalue weighted by molar-refractivity contribution is 0.0672. The molecule has 1 fully saturated rings. The van der Waals surface area contributed by atoms with E-state index in [1.54, 1.807) is 13.8 Å². The first kappa shape index (κ1) is 15.6. The predicted octanol–water partition coefficient (Wildman–Crippen LogP) is 1.40. The van der Waals surface area contributed by atoms with Crippen LogP contribution in [0.3, 0.4) is 0 Å². The van der Waals surface area contributed by atoms with Crippen molar-refractivity contribution in [3.63, 3.8) is 0 Å². The summed E-state index contributed by atoms with van der Waals surface area (Å²) in [5.41, 5.74) is 1.78. The molecule has 2 rings (SSSR count). The number of piperidine rings is 1. The van der Waals surface area contributed by atoms with Crippen molar-refractivity contribution in [1.82, 2.24) is 15.2 Å². The lowest BCUT2D eigenvalue weighted by atomic mass is 9.97. The van der Waals surface area contributed by atoms with Crippen LogP contribution < -0.4 is 5.32 Å². The van der Waals surface area contributed by atoms with Gasteiger partial charge in [0.25, 0.3) is 5.91 Å². The van der Waals surface area contributed by atoms with E-state index in [0.717, 1.165) is 32.5 Å². The third kappa shape index (κ3) is 3.10. The molecule has 1 aromatic heterocycles. The maximum Gasteiger partial charge on any atom is 0.352 e. The maximum absolute atomic E-state index is 12.7. The number of aromatic carboxylic acids is 1. The van der Waals surface area contributed by atoms with Crippen molar-refractivity contribution in [2.45, 2.75) is 26.7 Å². The number of aryl methyl sites for hydroxylation is 1. The first-order chi connectivity index (χ1) is 9.95. The fourth-order valence-electron chi connectivity index (χ4n) is 3.15. The molecule has 1 amide bonds. The number of carbonyl (C=O) groups excluding carboxylic acids is 1. The zero-order chi connectivity index (χ0) is 15.6. The topological polar surface area (TPSA) is 85.4 Å². The van der Waals surface area contributed by atoms with Gasteiger partial charge < -0.3 is 20.3 Å². The number of nitrogens with zero attached hydrogens (tertiary/aromatic N) is 1. The molecule has 6 heteroatoms. The number of nitrogens with one attached hydrogen (secondary N) is 2. The Kier molecular flexibility index (Phi) is 4.67. The summed E-state index contributed by atoms with van der Waals surface area (Å²) in [5, 5.41) is 12.3. The molecule has 116 valence electrons. The third-order valence-corrected chi connectivity index (χ3v) is 4.16. The molecule has 0 aromatic carbocycles. The average molecular weight is 293 g/mol. The summed E-state index contributed by atoms with van der Waals surface area (Å²) in [4.78, 5) is 28.5. The Morgan fingerprint density at radius 1 is 1.43 bits per heavy atom. The molecule has 6 nitrogen and oxygen atoms in total. The van der Waals surface area contributed by atoms with Crippen LogP contribution in [0.5, 0.6) is 0 Å². The number of rotatable bonds is 4. The Labute approximate surface area is 124 Å². The Balaban J connectivity index is 2.22. The summed E-state index contributed by atoms with van der Waals surface area (Å²) in [6.45, 7) is 5.81. The van der Waals surface area contributed by atoms with Gasteiger partial charge >= 0.3 is 5.97 Å². The molecule has 1 atom stereocenters.